The van der Waals surface area contributed by atoms with Gasteiger partial charge in [0.15, 0.2) is 6.61 Å². The Labute approximate surface area is 174 Å². The maximum absolute atomic E-state index is 13.1. The molecule has 0 aliphatic rings. The topological polar surface area (TPSA) is 58.6 Å². The minimum absolute atomic E-state index is 0.0634. The van der Waals surface area contributed by atoms with Crippen LogP contribution in [0.3, 0.4) is 0 Å². The molecule has 2 atom stereocenters. The number of carbonyl (C=O) groups excluding carboxylic acids is 2. The minimum atomic E-state index is -0.544. The molecule has 2 amide bonds. The van der Waals surface area contributed by atoms with Crippen molar-refractivity contribution in [3.05, 3.63) is 65.7 Å². The Morgan fingerprint density at radius 2 is 1.66 bits per heavy atom. The molecule has 2 rings (SSSR count). The summed E-state index contributed by atoms with van der Waals surface area (Å²) in [5, 5.41) is 3.01. The first-order chi connectivity index (χ1) is 13.9. The normalized spacial score (nSPS) is 12.7. The van der Waals surface area contributed by atoms with Crippen molar-refractivity contribution in [3.8, 4) is 5.75 Å². The Balaban J connectivity index is 2.19. The van der Waals surface area contributed by atoms with Crippen LogP contribution in [0.5, 0.6) is 5.75 Å². The van der Waals surface area contributed by atoms with Crippen LogP contribution < -0.4 is 10.1 Å². The summed E-state index contributed by atoms with van der Waals surface area (Å²) >= 11 is 0. The molecule has 5 nitrogen and oxygen atoms in total. The summed E-state index contributed by atoms with van der Waals surface area (Å²) in [5.74, 6) is 0.302. The smallest absolute Gasteiger partial charge is 0.261 e. The van der Waals surface area contributed by atoms with E-state index in [1.807, 2.05) is 82.3 Å². The van der Waals surface area contributed by atoms with Crippen molar-refractivity contribution in [1.29, 1.82) is 0 Å². The van der Waals surface area contributed by atoms with Gasteiger partial charge in [-0.1, -0.05) is 61.9 Å². The molecular formula is C24H32N2O3. The summed E-state index contributed by atoms with van der Waals surface area (Å²) in [6.07, 6.45) is 1.37. The number of carbonyl (C=O) groups is 2. The lowest BCUT2D eigenvalue weighted by molar-refractivity contribution is -0.143. The number of nitrogens with one attached hydrogen (secondary N) is 1. The van der Waals surface area contributed by atoms with E-state index in [-0.39, 0.29) is 24.5 Å². The molecule has 0 saturated carbocycles. The van der Waals surface area contributed by atoms with Crippen molar-refractivity contribution in [2.45, 2.75) is 59.2 Å². The number of ether oxygens (including phenoxy) is 1. The highest BCUT2D eigenvalue weighted by molar-refractivity contribution is 5.88. The molecule has 5 heteroatoms. The number of hydrogen-bond donors (Lipinski definition) is 1. The highest BCUT2D eigenvalue weighted by Gasteiger charge is 2.29. The lowest BCUT2D eigenvalue weighted by atomic mass is 10.1. The number of para-hydroxylation sites is 1. The molecular weight excluding hydrogens is 364 g/mol. The number of aryl methyl sites for hydroxylation is 1. The van der Waals surface area contributed by atoms with Gasteiger partial charge >= 0.3 is 0 Å². The minimum Gasteiger partial charge on any atom is -0.484 e. The van der Waals surface area contributed by atoms with E-state index in [2.05, 4.69) is 5.32 Å². The molecule has 0 bridgehead atoms. The summed E-state index contributed by atoms with van der Waals surface area (Å²) in [6, 6.07) is 16.8. The second kappa shape index (κ2) is 11.2. The van der Waals surface area contributed by atoms with Crippen LogP contribution in [0.15, 0.2) is 54.6 Å². The molecule has 29 heavy (non-hydrogen) atoms. The van der Waals surface area contributed by atoms with Gasteiger partial charge in [0.05, 0.1) is 0 Å². The van der Waals surface area contributed by atoms with E-state index in [4.69, 9.17) is 4.74 Å². The molecule has 0 heterocycles. The maximum atomic E-state index is 13.1. The number of nitrogens with zero attached hydrogens (tertiary/aromatic N) is 1. The molecule has 2 aromatic rings. The predicted octanol–water partition coefficient (Wildman–Crippen LogP) is 4.10. The van der Waals surface area contributed by atoms with E-state index in [9.17, 15) is 9.59 Å². The Kier molecular flexibility index (Phi) is 8.71. The third-order valence-electron chi connectivity index (χ3n) is 4.97. The van der Waals surface area contributed by atoms with Gasteiger partial charge in [0.2, 0.25) is 5.91 Å². The quantitative estimate of drug-likeness (QED) is 0.658. The van der Waals surface area contributed by atoms with Gasteiger partial charge in [-0.15, -0.1) is 0 Å². The third-order valence-corrected chi connectivity index (χ3v) is 4.97. The highest BCUT2D eigenvalue weighted by atomic mass is 16.5. The van der Waals surface area contributed by atoms with Crippen molar-refractivity contribution in [2.75, 3.05) is 6.61 Å². The second-order valence-electron chi connectivity index (χ2n) is 7.35. The molecule has 0 fully saturated rings. The van der Waals surface area contributed by atoms with Gasteiger partial charge in [0.1, 0.15) is 11.8 Å². The average molecular weight is 397 g/mol. The Hall–Kier alpha value is -2.82. The summed E-state index contributed by atoms with van der Waals surface area (Å²) < 4.78 is 5.66. The monoisotopic (exact) mass is 396 g/mol. The Bertz CT molecular complexity index is 774. The largest absolute Gasteiger partial charge is 0.484 e. The average Bonchev–Trinajstić information content (AvgIpc) is 2.73. The van der Waals surface area contributed by atoms with E-state index < -0.39 is 6.04 Å². The van der Waals surface area contributed by atoms with E-state index in [1.165, 1.54) is 0 Å². The zero-order chi connectivity index (χ0) is 21.2. The van der Waals surface area contributed by atoms with E-state index in [1.54, 1.807) is 4.90 Å². The zero-order valence-electron chi connectivity index (χ0n) is 17.9. The van der Waals surface area contributed by atoms with Gasteiger partial charge in [-0.3, -0.25) is 9.59 Å². The van der Waals surface area contributed by atoms with Crippen molar-refractivity contribution in [2.24, 2.45) is 0 Å². The lowest BCUT2D eigenvalue weighted by Gasteiger charge is -2.31. The van der Waals surface area contributed by atoms with Gasteiger partial charge in [-0.2, -0.15) is 0 Å². The molecule has 0 radical (unpaired) electrons. The van der Waals surface area contributed by atoms with Crippen molar-refractivity contribution in [1.82, 2.24) is 10.2 Å². The summed E-state index contributed by atoms with van der Waals surface area (Å²) in [6.45, 7) is 8.19. The molecule has 156 valence electrons. The summed E-state index contributed by atoms with van der Waals surface area (Å²) in [5.41, 5.74) is 2.14. The van der Waals surface area contributed by atoms with Crippen LogP contribution in [0.1, 0.15) is 44.7 Å². The Morgan fingerprint density at radius 3 is 2.24 bits per heavy atom. The molecule has 0 aliphatic heterocycles. The van der Waals surface area contributed by atoms with Gasteiger partial charge < -0.3 is 15.0 Å². The zero-order valence-corrected chi connectivity index (χ0v) is 17.9. The second-order valence-corrected chi connectivity index (χ2v) is 7.35. The van der Waals surface area contributed by atoms with Crippen LogP contribution in [0.2, 0.25) is 0 Å². The van der Waals surface area contributed by atoms with E-state index in [0.29, 0.717) is 18.7 Å². The van der Waals surface area contributed by atoms with Crippen LogP contribution in [0.25, 0.3) is 0 Å². The van der Waals surface area contributed by atoms with Crippen LogP contribution in [0.4, 0.5) is 0 Å². The summed E-state index contributed by atoms with van der Waals surface area (Å²) in [7, 11) is 0. The molecule has 0 unspecified atom stereocenters. The van der Waals surface area contributed by atoms with Crippen molar-refractivity contribution < 1.29 is 14.3 Å². The first-order valence-corrected chi connectivity index (χ1v) is 10.3. The van der Waals surface area contributed by atoms with E-state index >= 15 is 0 Å². The first-order valence-electron chi connectivity index (χ1n) is 10.3. The van der Waals surface area contributed by atoms with E-state index in [0.717, 1.165) is 17.5 Å². The standard InChI is InChI=1S/C24H32N2O3/c1-5-19(4)25-24(28)22(6-2)26(16-20-14-12-18(3)13-15-20)23(27)17-29-21-10-8-7-9-11-21/h7-15,19,22H,5-6,16-17H2,1-4H3,(H,25,28)/t19-,22-/m1/s1. The number of amides is 2. The van der Waals surface area contributed by atoms with Crippen LogP contribution >= 0.6 is 0 Å². The van der Waals surface area contributed by atoms with Gasteiger partial charge in [-0.05, 0) is 44.4 Å². The van der Waals surface area contributed by atoms with Crippen molar-refractivity contribution in [3.63, 3.8) is 0 Å². The number of benzene rings is 2. The third kappa shape index (κ3) is 6.93. The SMILES string of the molecule is CC[C@@H](C)NC(=O)[C@@H](CC)N(Cc1ccc(C)cc1)C(=O)COc1ccccc1. The highest BCUT2D eigenvalue weighted by Crippen LogP contribution is 2.15. The maximum Gasteiger partial charge on any atom is 0.261 e. The fourth-order valence-corrected chi connectivity index (χ4v) is 3.00. The fourth-order valence-electron chi connectivity index (χ4n) is 3.00. The van der Waals surface area contributed by atoms with Gasteiger partial charge in [0, 0.05) is 12.6 Å². The molecule has 0 aromatic heterocycles. The predicted molar refractivity (Wildman–Crippen MR) is 116 cm³/mol. The van der Waals surface area contributed by atoms with Gasteiger partial charge in [0.25, 0.3) is 5.91 Å². The van der Waals surface area contributed by atoms with Crippen LogP contribution in [-0.4, -0.2) is 35.4 Å². The van der Waals surface area contributed by atoms with Gasteiger partial charge in [-0.25, -0.2) is 0 Å². The molecule has 0 spiro atoms. The van der Waals surface area contributed by atoms with Crippen molar-refractivity contribution >= 4 is 11.8 Å². The number of hydrogen-bond acceptors (Lipinski definition) is 3. The lowest BCUT2D eigenvalue weighted by Crippen LogP contribution is -2.51. The first kappa shape index (κ1) is 22.5. The molecule has 0 aliphatic carbocycles. The molecule has 2 aromatic carbocycles. The summed E-state index contributed by atoms with van der Waals surface area (Å²) in [4.78, 5) is 27.6. The molecule has 1 N–H and O–H groups in total. The Morgan fingerprint density at radius 1 is 1.00 bits per heavy atom. The number of rotatable bonds is 10. The van der Waals surface area contributed by atoms with Crippen LogP contribution in [0, 0.1) is 6.92 Å². The fraction of sp³-hybridized carbons (Fsp3) is 0.417. The van der Waals surface area contributed by atoms with Crippen LogP contribution in [-0.2, 0) is 16.1 Å². The molecule has 0 saturated heterocycles.